The molecule has 1 aliphatic rings. The Labute approximate surface area is 183 Å². The van der Waals surface area contributed by atoms with Gasteiger partial charge in [-0.25, -0.2) is 4.98 Å². The van der Waals surface area contributed by atoms with Crippen LogP contribution in [-0.4, -0.2) is 48.6 Å². The van der Waals surface area contributed by atoms with Gasteiger partial charge in [0.15, 0.2) is 0 Å². The number of morpholine rings is 1. The van der Waals surface area contributed by atoms with Gasteiger partial charge < -0.3 is 15.0 Å². The number of nitrogens with one attached hydrogen (secondary N) is 1. The first kappa shape index (κ1) is 24.9. The average molecular weight is 446 g/mol. The number of nitrogens with zero attached hydrogens (tertiary/aromatic N) is 2. The number of hydrogen-bond acceptors (Lipinski definition) is 5. The van der Waals surface area contributed by atoms with Crippen molar-refractivity contribution in [3.05, 3.63) is 40.4 Å². The second kappa shape index (κ2) is 11.1. The van der Waals surface area contributed by atoms with Crippen molar-refractivity contribution in [2.24, 2.45) is 0 Å². The summed E-state index contributed by atoms with van der Waals surface area (Å²) in [7, 11) is 1.88. The number of halogens is 2. The van der Waals surface area contributed by atoms with Gasteiger partial charge in [-0.1, -0.05) is 29.8 Å². The molecule has 0 radical (unpaired) electrons. The number of hydrogen-bond donors (Lipinski definition) is 1. The minimum Gasteiger partial charge on any atom is -0.378 e. The maximum Gasteiger partial charge on any atom is 0.224 e. The maximum atomic E-state index is 12.7. The van der Waals surface area contributed by atoms with Crippen LogP contribution in [0.3, 0.4) is 0 Å². The maximum absolute atomic E-state index is 12.7. The molecule has 2 unspecified atom stereocenters. The summed E-state index contributed by atoms with van der Waals surface area (Å²) in [6.07, 6.45) is 0.462. The summed E-state index contributed by atoms with van der Waals surface area (Å²) in [6, 6.07) is 8.52. The lowest BCUT2D eigenvalue weighted by molar-refractivity contribution is -0.133. The third-order valence-corrected chi connectivity index (χ3v) is 6.28. The Kier molecular flexibility index (Phi) is 9.87. The SMILES string of the molecule is Cc1ccc(-c2nc(C)c(C(C)N(C)C(=O)CC3COCCN3)s2)cc1.Cl.Cl. The minimum absolute atomic E-state index is 0. The smallest absolute Gasteiger partial charge is 0.224 e. The molecule has 1 aliphatic heterocycles. The molecule has 1 amide bonds. The number of amides is 1. The van der Waals surface area contributed by atoms with Crippen molar-refractivity contribution in [1.82, 2.24) is 15.2 Å². The molecule has 0 aliphatic carbocycles. The Hall–Kier alpha value is -1.18. The van der Waals surface area contributed by atoms with E-state index in [2.05, 4.69) is 43.4 Å². The number of ether oxygens (including phenoxy) is 1. The summed E-state index contributed by atoms with van der Waals surface area (Å²) in [6.45, 7) is 8.31. The third-order valence-electron chi connectivity index (χ3n) is 4.90. The Bertz CT molecular complexity index is 761. The van der Waals surface area contributed by atoms with Gasteiger partial charge in [-0.05, 0) is 20.8 Å². The highest BCUT2D eigenvalue weighted by Gasteiger charge is 2.25. The summed E-state index contributed by atoms with van der Waals surface area (Å²) in [5, 5.41) is 4.35. The molecule has 0 bridgehead atoms. The number of aromatic nitrogens is 1. The van der Waals surface area contributed by atoms with Crippen molar-refractivity contribution in [1.29, 1.82) is 0 Å². The van der Waals surface area contributed by atoms with Gasteiger partial charge in [0.1, 0.15) is 5.01 Å². The van der Waals surface area contributed by atoms with Crippen molar-refractivity contribution < 1.29 is 9.53 Å². The van der Waals surface area contributed by atoms with Gasteiger partial charge in [0.2, 0.25) is 5.91 Å². The molecule has 28 heavy (non-hydrogen) atoms. The quantitative estimate of drug-likeness (QED) is 0.749. The van der Waals surface area contributed by atoms with E-state index in [9.17, 15) is 4.79 Å². The summed E-state index contributed by atoms with van der Waals surface area (Å²) in [4.78, 5) is 20.4. The van der Waals surface area contributed by atoms with Crippen molar-refractivity contribution in [3.8, 4) is 10.6 Å². The van der Waals surface area contributed by atoms with E-state index in [1.54, 1.807) is 11.3 Å². The first-order chi connectivity index (χ1) is 12.5. The molecule has 2 heterocycles. The lowest BCUT2D eigenvalue weighted by Gasteiger charge is -2.28. The van der Waals surface area contributed by atoms with Crippen LogP contribution in [0.5, 0.6) is 0 Å². The zero-order valence-corrected chi connectivity index (χ0v) is 19.2. The molecular formula is C20H29Cl2N3O2S. The highest BCUT2D eigenvalue weighted by atomic mass is 35.5. The van der Waals surface area contributed by atoms with Crippen LogP contribution in [0.15, 0.2) is 24.3 Å². The zero-order chi connectivity index (χ0) is 18.7. The second-order valence-corrected chi connectivity index (χ2v) is 7.98. The standard InChI is InChI=1S/C20H27N3O2S.2ClH/c1-13-5-7-16(8-6-13)20-22-14(2)19(26-20)15(3)23(4)18(24)11-17-12-25-10-9-21-17;;/h5-8,15,17,21H,9-12H2,1-4H3;2*1H. The lowest BCUT2D eigenvalue weighted by atomic mass is 10.1. The van der Waals surface area contributed by atoms with Gasteiger partial charge in [0.25, 0.3) is 0 Å². The van der Waals surface area contributed by atoms with E-state index in [-0.39, 0.29) is 42.8 Å². The topological polar surface area (TPSA) is 54.5 Å². The van der Waals surface area contributed by atoms with Gasteiger partial charge in [0.05, 0.1) is 29.8 Å². The largest absolute Gasteiger partial charge is 0.378 e. The summed E-state index contributed by atoms with van der Waals surface area (Å²) in [5.41, 5.74) is 3.36. The number of thiazole rings is 1. The van der Waals surface area contributed by atoms with Gasteiger partial charge in [-0.2, -0.15) is 0 Å². The number of carbonyl (C=O) groups excluding carboxylic acids is 1. The molecule has 8 heteroatoms. The monoisotopic (exact) mass is 445 g/mol. The van der Waals surface area contributed by atoms with Gasteiger partial charge in [-0.15, -0.1) is 36.2 Å². The fraction of sp³-hybridized carbons (Fsp3) is 0.500. The normalized spacial score (nSPS) is 17.2. The average Bonchev–Trinajstić information content (AvgIpc) is 3.03. The molecule has 2 atom stereocenters. The predicted molar refractivity (Wildman–Crippen MR) is 120 cm³/mol. The van der Waals surface area contributed by atoms with E-state index < -0.39 is 0 Å². The van der Waals surface area contributed by atoms with Crippen molar-refractivity contribution in [2.45, 2.75) is 39.3 Å². The molecule has 1 saturated heterocycles. The molecule has 1 aromatic carbocycles. The van der Waals surface area contributed by atoms with Crippen LogP contribution in [0.4, 0.5) is 0 Å². The minimum atomic E-state index is 0. The van der Waals surface area contributed by atoms with Crippen molar-refractivity contribution in [2.75, 3.05) is 26.8 Å². The first-order valence-corrected chi connectivity index (χ1v) is 9.88. The summed E-state index contributed by atoms with van der Waals surface area (Å²) in [5.74, 6) is 0.130. The van der Waals surface area contributed by atoms with E-state index >= 15 is 0 Å². The molecule has 1 N–H and O–H groups in total. The van der Waals surface area contributed by atoms with Crippen LogP contribution in [0, 0.1) is 13.8 Å². The molecule has 3 rings (SSSR count). The summed E-state index contributed by atoms with van der Waals surface area (Å²) >= 11 is 1.67. The molecular weight excluding hydrogens is 417 g/mol. The Morgan fingerprint density at radius 2 is 2.00 bits per heavy atom. The van der Waals surface area contributed by atoms with Crippen LogP contribution >= 0.6 is 36.2 Å². The fourth-order valence-electron chi connectivity index (χ4n) is 3.11. The fourth-order valence-corrected chi connectivity index (χ4v) is 4.28. The second-order valence-electron chi connectivity index (χ2n) is 6.95. The van der Waals surface area contributed by atoms with E-state index in [1.807, 2.05) is 18.9 Å². The summed E-state index contributed by atoms with van der Waals surface area (Å²) < 4.78 is 5.45. The Balaban J connectivity index is 0.00000196. The van der Waals surface area contributed by atoms with Crippen LogP contribution in [0.1, 0.15) is 35.5 Å². The molecule has 1 fully saturated rings. The molecule has 2 aromatic rings. The van der Waals surface area contributed by atoms with Crippen molar-refractivity contribution in [3.63, 3.8) is 0 Å². The van der Waals surface area contributed by atoms with Crippen LogP contribution < -0.4 is 5.32 Å². The Morgan fingerprint density at radius 1 is 1.32 bits per heavy atom. The van der Waals surface area contributed by atoms with E-state index in [0.29, 0.717) is 13.0 Å². The van der Waals surface area contributed by atoms with Crippen LogP contribution in [-0.2, 0) is 9.53 Å². The van der Waals surface area contributed by atoms with Gasteiger partial charge >= 0.3 is 0 Å². The molecule has 156 valence electrons. The molecule has 1 aromatic heterocycles. The van der Waals surface area contributed by atoms with E-state index in [1.165, 1.54) is 5.56 Å². The highest BCUT2D eigenvalue weighted by molar-refractivity contribution is 7.15. The number of rotatable bonds is 5. The van der Waals surface area contributed by atoms with E-state index in [0.717, 1.165) is 34.3 Å². The van der Waals surface area contributed by atoms with Crippen LogP contribution in [0.25, 0.3) is 10.6 Å². The van der Waals surface area contributed by atoms with E-state index in [4.69, 9.17) is 9.72 Å². The van der Waals surface area contributed by atoms with Gasteiger partial charge in [-0.3, -0.25) is 4.79 Å². The van der Waals surface area contributed by atoms with Crippen molar-refractivity contribution >= 4 is 42.1 Å². The molecule has 5 nitrogen and oxygen atoms in total. The number of benzene rings is 1. The highest BCUT2D eigenvalue weighted by Crippen LogP contribution is 2.34. The molecule has 0 saturated carbocycles. The number of carbonyl (C=O) groups is 1. The zero-order valence-electron chi connectivity index (χ0n) is 16.7. The van der Waals surface area contributed by atoms with Gasteiger partial charge in [0, 0.05) is 31.6 Å². The predicted octanol–water partition coefficient (Wildman–Crippen LogP) is 4.17. The Morgan fingerprint density at radius 3 is 2.61 bits per heavy atom. The first-order valence-electron chi connectivity index (χ1n) is 9.07. The lowest BCUT2D eigenvalue weighted by Crippen LogP contribution is -2.44. The number of aryl methyl sites for hydroxylation is 2. The molecule has 0 spiro atoms. The third kappa shape index (κ3) is 5.91. The van der Waals surface area contributed by atoms with Crippen LogP contribution in [0.2, 0.25) is 0 Å².